The van der Waals surface area contributed by atoms with Crippen molar-refractivity contribution in [3.05, 3.63) is 57.1 Å². The Hall–Kier alpha value is -2.77. The fourth-order valence-electron chi connectivity index (χ4n) is 3.47. The summed E-state index contributed by atoms with van der Waals surface area (Å²) in [4.78, 5) is 30.0. The Morgan fingerprint density at radius 1 is 1.16 bits per heavy atom. The molecule has 0 radical (unpaired) electrons. The molecule has 0 unspecified atom stereocenters. The summed E-state index contributed by atoms with van der Waals surface area (Å²) in [5, 5.41) is 5.56. The second-order valence-electron chi connectivity index (χ2n) is 7.36. The molecule has 0 bridgehead atoms. The lowest BCUT2D eigenvalue weighted by Gasteiger charge is -2.11. The summed E-state index contributed by atoms with van der Waals surface area (Å²) in [6.45, 7) is 3.55. The monoisotopic (exact) mass is 453 g/mol. The van der Waals surface area contributed by atoms with Crippen LogP contribution in [0.3, 0.4) is 0 Å². The molecule has 0 atom stereocenters. The second kappa shape index (κ2) is 9.58. The van der Waals surface area contributed by atoms with Crippen molar-refractivity contribution in [3.8, 4) is 26.9 Å². The van der Waals surface area contributed by atoms with Crippen LogP contribution in [0, 0.1) is 0 Å². The summed E-state index contributed by atoms with van der Waals surface area (Å²) in [5.74, 6) is 0.0674. The Bertz CT molecular complexity index is 1250. The van der Waals surface area contributed by atoms with E-state index in [0.29, 0.717) is 22.6 Å². The molecule has 7 heteroatoms. The van der Waals surface area contributed by atoms with E-state index in [9.17, 15) is 9.59 Å². The van der Waals surface area contributed by atoms with Crippen molar-refractivity contribution in [2.24, 2.45) is 0 Å². The van der Waals surface area contributed by atoms with Crippen molar-refractivity contribution in [1.29, 1.82) is 0 Å². The van der Waals surface area contributed by atoms with E-state index in [1.54, 1.807) is 17.4 Å². The fourth-order valence-corrected chi connectivity index (χ4v) is 5.11. The zero-order valence-corrected chi connectivity index (χ0v) is 19.1. The highest BCUT2D eigenvalue weighted by Crippen LogP contribution is 2.33. The van der Waals surface area contributed by atoms with Gasteiger partial charge in [0, 0.05) is 23.8 Å². The molecule has 0 saturated heterocycles. The van der Waals surface area contributed by atoms with Crippen LogP contribution in [0.2, 0.25) is 0 Å². The van der Waals surface area contributed by atoms with Gasteiger partial charge in [-0.15, -0.1) is 22.7 Å². The number of carbonyl (C=O) groups is 1. The molecule has 160 valence electrons. The molecule has 0 aliphatic heterocycles. The number of benzene rings is 1. The minimum absolute atomic E-state index is 0.392. The lowest BCUT2D eigenvalue weighted by atomic mass is 10.0. The van der Waals surface area contributed by atoms with Gasteiger partial charge in [0.15, 0.2) is 0 Å². The van der Waals surface area contributed by atoms with Crippen molar-refractivity contribution in [2.75, 3.05) is 0 Å². The van der Waals surface area contributed by atoms with Crippen LogP contribution in [0.1, 0.15) is 45.1 Å². The highest BCUT2D eigenvalue weighted by Gasteiger charge is 2.16. The average molecular weight is 454 g/mol. The van der Waals surface area contributed by atoms with Gasteiger partial charge in [-0.05, 0) is 42.0 Å². The second-order valence-corrected chi connectivity index (χ2v) is 9.17. The van der Waals surface area contributed by atoms with Crippen LogP contribution < -0.4 is 10.4 Å². The topological polar surface area (TPSA) is 69.4 Å². The SMILES string of the molecule is CCCCCCc1cc2cc(-c3csc(-c4cccs4)n3)c(=O)oc2cc1OC(C)=O. The molecule has 31 heavy (non-hydrogen) atoms. The summed E-state index contributed by atoms with van der Waals surface area (Å²) >= 11 is 3.12. The molecule has 0 spiro atoms. The largest absolute Gasteiger partial charge is 0.426 e. The van der Waals surface area contributed by atoms with E-state index in [2.05, 4.69) is 11.9 Å². The zero-order valence-electron chi connectivity index (χ0n) is 17.5. The third-order valence-corrected chi connectivity index (χ3v) is 6.86. The average Bonchev–Trinajstić information content (AvgIpc) is 3.42. The number of esters is 1. The molecule has 3 heterocycles. The molecule has 3 aromatic heterocycles. The van der Waals surface area contributed by atoms with Gasteiger partial charge in [-0.1, -0.05) is 32.3 Å². The Morgan fingerprint density at radius 2 is 2.03 bits per heavy atom. The van der Waals surface area contributed by atoms with E-state index in [1.807, 2.05) is 35.0 Å². The summed E-state index contributed by atoms with van der Waals surface area (Å²) in [5.41, 5.74) is 1.92. The first-order chi connectivity index (χ1) is 15.0. The minimum atomic E-state index is -0.458. The Morgan fingerprint density at radius 3 is 2.77 bits per heavy atom. The fraction of sp³-hybridized carbons (Fsp3) is 0.292. The van der Waals surface area contributed by atoms with E-state index >= 15 is 0 Å². The molecular formula is C24H23NO4S2. The lowest BCUT2D eigenvalue weighted by Crippen LogP contribution is -2.06. The lowest BCUT2D eigenvalue weighted by molar-refractivity contribution is -0.131. The van der Waals surface area contributed by atoms with Gasteiger partial charge in [-0.2, -0.15) is 0 Å². The molecule has 5 nitrogen and oxygen atoms in total. The van der Waals surface area contributed by atoms with Gasteiger partial charge in [0.2, 0.25) is 0 Å². The summed E-state index contributed by atoms with van der Waals surface area (Å²) in [6.07, 6.45) is 5.25. The third kappa shape index (κ3) is 4.94. The molecule has 4 aromatic rings. The van der Waals surface area contributed by atoms with E-state index in [-0.39, 0.29) is 0 Å². The van der Waals surface area contributed by atoms with Gasteiger partial charge in [-0.3, -0.25) is 4.79 Å². The number of carbonyl (C=O) groups excluding carboxylic acids is 1. The first-order valence-electron chi connectivity index (χ1n) is 10.3. The van der Waals surface area contributed by atoms with Crippen LogP contribution in [0.4, 0.5) is 0 Å². The number of hydrogen-bond acceptors (Lipinski definition) is 7. The number of fused-ring (bicyclic) bond motifs is 1. The van der Waals surface area contributed by atoms with E-state index in [0.717, 1.165) is 46.5 Å². The summed E-state index contributed by atoms with van der Waals surface area (Å²) in [7, 11) is 0. The van der Waals surface area contributed by atoms with Gasteiger partial charge in [0.05, 0.1) is 16.1 Å². The first-order valence-corrected chi connectivity index (χ1v) is 12.1. The highest BCUT2D eigenvalue weighted by atomic mass is 32.1. The number of thiazole rings is 1. The third-order valence-electron chi connectivity index (χ3n) is 4.98. The van der Waals surface area contributed by atoms with E-state index < -0.39 is 11.6 Å². The maximum absolute atomic E-state index is 12.7. The van der Waals surface area contributed by atoms with Crippen molar-refractivity contribution in [1.82, 2.24) is 4.98 Å². The molecule has 0 amide bonds. The molecule has 0 aliphatic carbocycles. The van der Waals surface area contributed by atoms with Gasteiger partial charge in [0.1, 0.15) is 16.3 Å². The molecule has 0 saturated carbocycles. The van der Waals surface area contributed by atoms with Gasteiger partial charge in [0.25, 0.3) is 0 Å². The predicted molar refractivity (Wildman–Crippen MR) is 126 cm³/mol. The van der Waals surface area contributed by atoms with Gasteiger partial charge < -0.3 is 9.15 Å². The Balaban J connectivity index is 1.72. The van der Waals surface area contributed by atoms with Crippen molar-refractivity contribution in [3.63, 3.8) is 0 Å². The van der Waals surface area contributed by atoms with Crippen molar-refractivity contribution in [2.45, 2.75) is 46.0 Å². The minimum Gasteiger partial charge on any atom is -0.426 e. The van der Waals surface area contributed by atoms with Crippen molar-refractivity contribution < 1.29 is 13.9 Å². The quantitative estimate of drug-likeness (QED) is 0.129. The van der Waals surface area contributed by atoms with Crippen LogP contribution >= 0.6 is 22.7 Å². The normalized spacial score (nSPS) is 11.2. The molecule has 0 N–H and O–H groups in total. The Labute approximate surface area is 188 Å². The number of nitrogens with zero attached hydrogens (tertiary/aromatic N) is 1. The van der Waals surface area contributed by atoms with Crippen LogP contribution in [0.5, 0.6) is 5.75 Å². The smallest absolute Gasteiger partial charge is 0.345 e. The van der Waals surface area contributed by atoms with Crippen LogP contribution in [-0.4, -0.2) is 11.0 Å². The Kier molecular flexibility index (Phi) is 6.63. The number of rotatable bonds is 8. The number of thiophene rings is 1. The molecule has 1 aromatic carbocycles. The molecule has 4 rings (SSSR count). The van der Waals surface area contributed by atoms with Gasteiger partial charge >= 0.3 is 11.6 Å². The number of unbranched alkanes of at least 4 members (excludes halogenated alkanes) is 3. The van der Waals surface area contributed by atoms with E-state index in [1.165, 1.54) is 24.7 Å². The van der Waals surface area contributed by atoms with Crippen LogP contribution in [0.15, 0.2) is 50.3 Å². The van der Waals surface area contributed by atoms with Gasteiger partial charge in [-0.25, -0.2) is 9.78 Å². The van der Waals surface area contributed by atoms with Crippen molar-refractivity contribution >= 4 is 39.6 Å². The highest BCUT2D eigenvalue weighted by molar-refractivity contribution is 7.20. The van der Waals surface area contributed by atoms with E-state index in [4.69, 9.17) is 9.15 Å². The number of aromatic nitrogens is 1. The molecule has 0 fully saturated rings. The molecule has 0 aliphatic rings. The van der Waals surface area contributed by atoms with Crippen LogP contribution in [0.25, 0.3) is 32.1 Å². The summed E-state index contributed by atoms with van der Waals surface area (Å²) in [6, 6.07) is 9.42. The van der Waals surface area contributed by atoms with Crippen LogP contribution in [-0.2, 0) is 11.2 Å². The number of hydrogen-bond donors (Lipinski definition) is 0. The maximum atomic E-state index is 12.7. The number of aryl methyl sites for hydroxylation is 1. The molecular weight excluding hydrogens is 430 g/mol. The zero-order chi connectivity index (χ0) is 21.8. The maximum Gasteiger partial charge on any atom is 0.345 e. The standard InChI is InChI=1S/C24H23NO4S2/c1-3-4-5-6-8-16-11-17-12-18(19-14-31-23(25-19)22-9-7-10-30-22)24(27)29-21(17)13-20(16)28-15(2)26/h7,9-14H,3-6,8H2,1-2H3. The number of ether oxygens (including phenoxy) is 1. The predicted octanol–water partition coefficient (Wildman–Crippen LogP) is 6.69. The first kappa shape index (κ1) is 21.5. The summed E-state index contributed by atoms with van der Waals surface area (Å²) < 4.78 is 11.0.